The Morgan fingerprint density at radius 1 is 1.11 bits per heavy atom. The fourth-order valence-corrected chi connectivity index (χ4v) is 2.04. The number of hydrogen-bond donors (Lipinski definition) is 0. The van der Waals surface area contributed by atoms with Crippen molar-refractivity contribution in [3.63, 3.8) is 0 Å². The molecule has 0 radical (unpaired) electrons. The summed E-state index contributed by atoms with van der Waals surface area (Å²) in [7, 11) is 0. The summed E-state index contributed by atoms with van der Waals surface area (Å²) in [4.78, 5) is 12.3. The molecular formula is C15H19NO2. The summed E-state index contributed by atoms with van der Waals surface area (Å²) in [5.74, 6) is 0.801. The van der Waals surface area contributed by atoms with E-state index in [0.29, 0.717) is 6.61 Å². The van der Waals surface area contributed by atoms with Gasteiger partial charge in [0.25, 0.3) is 5.56 Å². The van der Waals surface area contributed by atoms with E-state index in [1.807, 2.05) is 30.5 Å². The van der Waals surface area contributed by atoms with E-state index < -0.39 is 0 Å². The minimum Gasteiger partial charge on any atom is -0.493 e. The van der Waals surface area contributed by atoms with Crippen LogP contribution in [0.4, 0.5) is 0 Å². The molecule has 0 spiro atoms. The zero-order valence-electron chi connectivity index (χ0n) is 11.0. The molecule has 0 saturated carbocycles. The van der Waals surface area contributed by atoms with E-state index in [0.717, 1.165) is 35.9 Å². The van der Waals surface area contributed by atoms with Crippen LogP contribution < -0.4 is 10.3 Å². The molecule has 96 valence electrons. The third-order valence-corrected chi connectivity index (χ3v) is 2.90. The van der Waals surface area contributed by atoms with Gasteiger partial charge in [-0.3, -0.25) is 4.79 Å². The first-order chi connectivity index (χ1) is 8.77. The van der Waals surface area contributed by atoms with Gasteiger partial charge in [0.2, 0.25) is 0 Å². The maximum atomic E-state index is 12.3. The molecule has 3 nitrogen and oxygen atoms in total. The van der Waals surface area contributed by atoms with Gasteiger partial charge in [-0.05, 0) is 31.0 Å². The van der Waals surface area contributed by atoms with E-state index in [2.05, 4.69) is 13.8 Å². The first-order valence-electron chi connectivity index (χ1n) is 6.53. The number of nitrogens with zero attached hydrogens (tertiary/aromatic N) is 1. The van der Waals surface area contributed by atoms with Crippen molar-refractivity contribution in [1.82, 2.24) is 4.57 Å². The average Bonchev–Trinajstić information content (AvgIpc) is 2.40. The van der Waals surface area contributed by atoms with Crippen LogP contribution in [0, 0.1) is 0 Å². The molecule has 1 aromatic carbocycles. The highest BCUT2D eigenvalue weighted by Crippen LogP contribution is 2.23. The van der Waals surface area contributed by atoms with Crippen LogP contribution >= 0.6 is 0 Å². The molecule has 0 unspecified atom stereocenters. The molecule has 18 heavy (non-hydrogen) atoms. The van der Waals surface area contributed by atoms with Crippen molar-refractivity contribution in [1.29, 1.82) is 0 Å². The molecule has 1 aromatic heterocycles. The lowest BCUT2D eigenvalue weighted by Gasteiger charge is -2.10. The van der Waals surface area contributed by atoms with Crippen LogP contribution in [-0.4, -0.2) is 11.2 Å². The summed E-state index contributed by atoms with van der Waals surface area (Å²) in [5.41, 5.74) is 0.0660. The van der Waals surface area contributed by atoms with Gasteiger partial charge in [-0.1, -0.05) is 19.9 Å². The lowest BCUT2D eigenvalue weighted by atomic mass is 10.1. The zero-order valence-corrected chi connectivity index (χ0v) is 11.0. The Morgan fingerprint density at radius 2 is 1.94 bits per heavy atom. The Morgan fingerprint density at radius 3 is 2.67 bits per heavy atom. The van der Waals surface area contributed by atoms with Gasteiger partial charge < -0.3 is 9.30 Å². The van der Waals surface area contributed by atoms with Gasteiger partial charge in [0, 0.05) is 18.1 Å². The van der Waals surface area contributed by atoms with E-state index in [9.17, 15) is 4.79 Å². The smallest absolute Gasteiger partial charge is 0.258 e. The van der Waals surface area contributed by atoms with Gasteiger partial charge in [0.15, 0.2) is 0 Å². The van der Waals surface area contributed by atoms with Crippen molar-refractivity contribution >= 4 is 10.8 Å². The molecule has 1 heterocycles. The summed E-state index contributed by atoms with van der Waals surface area (Å²) in [6.07, 6.45) is 3.77. The van der Waals surface area contributed by atoms with Crippen molar-refractivity contribution in [2.24, 2.45) is 0 Å². The van der Waals surface area contributed by atoms with Gasteiger partial charge in [0.05, 0.1) is 12.0 Å². The van der Waals surface area contributed by atoms with Gasteiger partial charge in [-0.15, -0.1) is 0 Å². The molecule has 0 aliphatic carbocycles. The van der Waals surface area contributed by atoms with Crippen LogP contribution in [0.3, 0.4) is 0 Å². The van der Waals surface area contributed by atoms with E-state index in [-0.39, 0.29) is 5.56 Å². The van der Waals surface area contributed by atoms with Gasteiger partial charge in [-0.25, -0.2) is 0 Å². The van der Waals surface area contributed by atoms with Crippen LogP contribution in [0.5, 0.6) is 5.75 Å². The van der Waals surface area contributed by atoms with Crippen molar-refractivity contribution in [3.05, 3.63) is 40.8 Å². The van der Waals surface area contributed by atoms with Gasteiger partial charge in [-0.2, -0.15) is 0 Å². The molecule has 2 aromatic rings. The second kappa shape index (κ2) is 5.71. The summed E-state index contributed by atoms with van der Waals surface area (Å²) in [5, 5.41) is 1.64. The Hall–Kier alpha value is -1.77. The van der Waals surface area contributed by atoms with Gasteiger partial charge in [0.1, 0.15) is 5.75 Å². The maximum absolute atomic E-state index is 12.3. The highest BCUT2D eigenvalue weighted by Gasteiger charge is 2.06. The molecule has 2 rings (SSSR count). The summed E-state index contributed by atoms with van der Waals surface area (Å²) in [6.45, 7) is 5.57. The van der Waals surface area contributed by atoms with Crippen LogP contribution in [0.15, 0.2) is 35.3 Å². The highest BCUT2D eigenvalue weighted by atomic mass is 16.5. The topological polar surface area (TPSA) is 31.2 Å². The monoisotopic (exact) mass is 245 g/mol. The Labute approximate surface area is 107 Å². The maximum Gasteiger partial charge on any atom is 0.258 e. The van der Waals surface area contributed by atoms with Crippen LogP contribution in [-0.2, 0) is 6.54 Å². The standard InChI is InChI=1S/C15H19NO2/c1-3-9-16-10-8-12-13(15(16)17)6-5-7-14(12)18-11-4-2/h5-8,10H,3-4,9,11H2,1-2H3. The number of benzene rings is 1. The zero-order chi connectivity index (χ0) is 13.0. The van der Waals surface area contributed by atoms with Crippen molar-refractivity contribution < 1.29 is 4.74 Å². The number of hydrogen-bond acceptors (Lipinski definition) is 2. The van der Waals surface area contributed by atoms with Crippen LogP contribution in [0.25, 0.3) is 10.8 Å². The summed E-state index contributed by atoms with van der Waals surface area (Å²) < 4.78 is 7.43. The number of aryl methyl sites for hydroxylation is 1. The highest BCUT2D eigenvalue weighted by molar-refractivity contribution is 5.87. The first-order valence-corrected chi connectivity index (χ1v) is 6.53. The molecular weight excluding hydrogens is 226 g/mol. The number of aromatic nitrogens is 1. The third-order valence-electron chi connectivity index (χ3n) is 2.90. The lowest BCUT2D eigenvalue weighted by molar-refractivity contribution is 0.321. The second-order valence-electron chi connectivity index (χ2n) is 4.38. The van der Waals surface area contributed by atoms with Crippen molar-refractivity contribution in [2.45, 2.75) is 33.2 Å². The predicted octanol–water partition coefficient (Wildman–Crippen LogP) is 3.20. The SMILES string of the molecule is CCCOc1cccc2c(=O)n(CCC)ccc12. The molecule has 0 bridgehead atoms. The van der Waals surface area contributed by atoms with E-state index >= 15 is 0 Å². The summed E-state index contributed by atoms with van der Waals surface area (Å²) in [6, 6.07) is 7.63. The number of ether oxygens (including phenoxy) is 1. The van der Waals surface area contributed by atoms with Crippen LogP contribution in [0.2, 0.25) is 0 Å². The number of pyridine rings is 1. The average molecular weight is 245 g/mol. The first kappa shape index (κ1) is 12.7. The minimum absolute atomic E-state index is 0.0660. The molecule has 0 atom stereocenters. The molecule has 0 saturated heterocycles. The van der Waals surface area contributed by atoms with Gasteiger partial charge >= 0.3 is 0 Å². The van der Waals surface area contributed by atoms with E-state index in [1.165, 1.54) is 0 Å². The fourth-order valence-electron chi connectivity index (χ4n) is 2.04. The lowest BCUT2D eigenvalue weighted by Crippen LogP contribution is -2.19. The molecule has 0 fully saturated rings. The second-order valence-corrected chi connectivity index (χ2v) is 4.38. The molecule has 0 amide bonds. The van der Waals surface area contributed by atoms with Crippen molar-refractivity contribution in [3.8, 4) is 5.75 Å². The Bertz CT molecular complexity index is 587. The van der Waals surface area contributed by atoms with E-state index in [4.69, 9.17) is 4.74 Å². The number of rotatable bonds is 5. The fraction of sp³-hybridized carbons (Fsp3) is 0.400. The Balaban J connectivity index is 2.52. The molecule has 3 heteroatoms. The third kappa shape index (κ3) is 2.40. The Kier molecular flexibility index (Phi) is 4.03. The largest absolute Gasteiger partial charge is 0.493 e. The molecule has 0 aliphatic heterocycles. The molecule has 0 aliphatic rings. The van der Waals surface area contributed by atoms with Crippen LogP contribution in [0.1, 0.15) is 26.7 Å². The number of fused-ring (bicyclic) bond motifs is 1. The van der Waals surface area contributed by atoms with E-state index in [1.54, 1.807) is 4.57 Å². The minimum atomic E-state index is 0.0660. The predicted molar refractivity (Wildman–Crippen MR) is 74.3 cm³/mol. The summed E-state index contributed by atoms with van der Waals surface area (Å²) >= 11 is 0. The van der Waals surface area contributed by atoms with Crippen molar-refractivity contribution in [2.75, 3.05) is 6.61 Å². The molecule has 0 N–H and O–H groups in total. The normalized spacial score (nSPS) is 10.8. The quantitative estimate of drug-likeness (QED) is 0.810.